The second kappa shape index (κ2) is 11.9. The van der Waals surface area contributed by atoms with Gasteiger partial charge in [0.2, 0.25) is 0 Å². The lowest BCUT2D eigenvalue weighted by molar-refractivity contribution is 0.0952. The summed E-state index contributed by atoms with van der Waals surface area (Å²) in [5, 5.41) is 4.12. The molecule has 0 unspecified atom stereocenters. The summed E-state index contributed by atoms with van der Waals surface area (Å²) in [6, 6.07) is 20.3. The minimum absolute atomic E-state index is 0.126. The Bertz CT molecular complexity index is 1530. The fraction of sp³-hybridized carbons (Fsp3) is 0.290. The predicted octanol–water partition coefficient (Wildman–Crippen LogP) is 5.37. The van der Waals surface area contributed by atoms with E-state index in [0.29, 0.717) is 39.4 Å². The number of ether oxygens (including phenoxy) is 1. The van der Waals surface area contributed by atoms with Gasteiger partial charge in [-0.1, -0.05) is 48.0 Å². The summed E-state index contributed by atoms with van der Waals surface area (Å²) in [6.45, 7) is 6.75. The molecule has 0 bridgehead atoms. The lowest BCUT2D eigenvalue weighted by Crippen LogP contribution is -2.47. The number of carbonyl (C=O) groups is 1. The highest BCUT2D eigenvalue weighted by Crippen LogP contribution is 2.32. The number of piperazine rings is 1. The highest BCUT2D eigenvalue weighted by atomic mass is 35.5. The molecule has 0 saturated carbocycles. The maximum absolute atomic E-state index is 13.1. The Morgan fingerprint density at radius 2 is 1.79 bits per heavy atom. The average molecular weight is 546 g/mol. The van der Waals surface area contributed by atoms with Gasteiger partial charge in [0.15, 0.2) is 11.0 Å². The Hall–Kier alpha value is -3.81. The smallest absolute Gasteiger partial charge is 0.255 e. The number of benzene rings is 3. The van der Waals surface area contributed by atoms with Crippen LogP contribution in [0.4, 0.5) is 5.69 Å². The summed E-state index contributed by atoms with van der Waals surface area (Å²) in [6.07, 6.45) is 0.815. The van der Waals surface area contributed by atoms with Crippen LogP contribution in [-0.4, -0.2) is 57.2 Å². The molecule has 1 aliphatic heterocycles. The molecule has 0 spiro atoms. The van der Waals surface area contributed by atoms with Crippen molar-refractivity contribution in [2.75, 3.05) is 51.3 Å². The summed E-state index contributed by atoms with van der Waals surface area (Å²) >= 11 is 6.21. The number of carbonyl (C=O) groups excluding carboxylic acids is 1. The molecule has 1 N–H and O–H groups in total. The van der Waals surface area contributed by atoms with Crippen molar-refractivity contribution in [1.82, 2.24) is 10.2 Å². The first-order chi connectivity index (χ1) is 19.0. The molecular formula is C31H32ClN3O4. The highest BCUT2D eigenvalue weighted by Gasteiger charge is 2.21. The van der Waals surface area contributed by atoms with Crippen LogP contribution in [0.15, 0.2) is 75.9 Å². The molecule has 0 radical (unpaired) electrons. The van der Waals surface area contributed by atoms with Crippen LogP contribution < -0.4 is 20.4 Å². The lowest BCUT2D eigenvalue weighted by atomic mass is 10.0. The third-order valence-corrected chi connectivity index (χ3v) is 7.45. The molecule has 1 amide bonds. The van der Waals surface area contributed by atoms with Gasteiger partial charge < -0.3 is 19.4 Å². The van der Waals surface area contributed by atoms with E-state index in [9.17, 15) is 9.59 Å². The summed E-state index contributed by atoms with van der Waals surface area (Å²) in [7, 11) is 1.67. The van der Waals surface area contributed by atoms with E-state index in [-0.39, 0.29) is 11.3 Å². The molecule has 7 nitrogen and oxygen atoms in total. The molecule has 39 heavy (non-hydrogen) atoms. The van der Waals surface area contributed by atoms with Crippen LogP contribution in [0, 0.1) is 6.92 Å². The van der Waals surface area contributed by atoms with Crippen molar-refractivity contribution >= 4 is 34.2 Å². The fourth-order valence-electron chi connectivity index (χ4n) is 5.08. The second-order valence-electron chi connectivity index (χ2n) is 9.69. The van der Waals surface area contributed by atoms with Crippen molar-refractivity contribution in [2.24, 2.45) is 0 Å². The Balaban J connectivity index is 1.19. The number of halogens is 1. The summed E-state index contributed by atoms with van der Waals surface area (Å²) < 4.78 is 11.7. The molecule has 0 aliphatic carbocycles. The van der Waals surface area contributed by atoms with Gasteiger partial charge in [-0.3, -0.25) is 14.5 Å². The normalized spacial score (nSPS) is 14.0. The molecular weight excluding hydrogens is 514 g/mol. The second-order valence-corrected chi connectivity index (χ2v) is 10.1. The van der Waals surface area contributed by atoms with Crippen LogP contribution in [0.1, 0.15) is 22.3 Å². The van der Waals surface area contributed by atoms with E-state index in [0.717, 1.165) is 56.1 Å². The van der Waals surface area contributed by atoms with Crippen molar-refractivity contribution < 1.29 is 13.9 Å². The number of rotatable bonds is 8. The average Bonchev–Trinajstić information content (AvgIpc) is 2.97. The number of nitrogens with one attached hydrogen (secondary N) is 1. The first kappa shape index (κ1) is 26.8. The van der Waals surface area contributed by atoms with E-state index >= 15 is 0 Å². The van der Waals surface area contributed by atoms with Crippen molar-refractivity contribution in [1.29, 1.82) is 0 Å². The van der Waals surface area contributed by atoms with Crippen LogP contribution >= 0.6 is 11.6 Å². The SMILES string of the molecule is COc1ccc(Cl)cc1N1CCN(CCCNC(=O)c2cccc3c(=O)c(C)c(-c4ccccc4)oc23)CC1. The number of methoxy groups -OCH3 is 1. The van der Waals surface area contributed by atoms with Gasteiger partial charge in [0.25, 0.3) is 5.91 Å². The van der Waals surface area contributed by atoms with Gasteiger partial charge in [0.1, 0.15) is 11.5 Å². The molecule has 0 atom stereocenters. The highest BCUT2D eigenvalue weighted by molar-refractivity contribution is 6.31. The van der Waals surface area contributed by atoms with Gasteiger partial charge in [-0.2, -0.15) is 0 Å². The summed E-state index contributed by atoms with van der Waals surface area (Å²) in [5.74, 6) is 1.07. The van der Waals surface area contributed by atoms with E-state index in [2.05, 4.69) is 15.1 Å². The van der Waals surface area contributed by atoms with Crippen LogP contribution in [0.5, 0.6) is 5.75 Å². The number of hydrogen-bond donors (Lipinski definition) is 1. The van der Waals surface area contributed by atoms with Gasteiger partial charge in [-0.05, 0) is 50.2 Å². The Morgan fingerprint density at radius 1 is 1.03 bits per heavy atom. The van der Waals surface area contributed by atoms with E-state index in [1.54, 1.807) is 32.2 Å². The summed E-state index contributed by atoms with van der Waals surface area (Å²) in [4.78, 5) is 30.9. The molecule has 5 rings (SSSR count). The van der Waals surface area contributed by atoms with Crippen molar-refractivity contribution in [3.8, 4) is 17.1 Å². The molecule has 4 aromatic rings. The number of para-hydroxylation sites is 1. The molecule has 2 heterocycles. The van der Waals surface area contributed by atoms with Crippen LogP contribution in [0.2, 0.25) is 5.02 Å². The zero-order valence-corrected chi connectivity index (χ0v) is 23.0. The van der Waals surface area contributed by atoms with E-state index < -0.39 is 0 Å². The largest absolute Gasteiger partial charge is 0.495 e. The topological polar surface area (TPSA) is 75.0 Å². The molecule has 1 fully saturated rings. The predicted molar refractivity (Wildman–Crippen MR) is 156 cm³/mol. The van der Waals surface area contributed by atoms with Gasteiger partial charge in [-0.15, -0.1) is 0 Å². The molecule has 202 valence electrons. The minimum atomic E-state index is -0.246. The van der Waals surface area contributed by atoms with E-state index in [1.165, 1.54) is 0 Å². The Kier molecular flexibility index (Phi) is 8.19. The quantitative estimate of drug-likeness (QED) is 0.300. The molecule has 8 heteroatoms. The summed E-state index contributed by atoms with van der Waals surface area (Å²) in [5.41, 5.74) is 2.91. The zero-order valence-electron chi connectivity index (χ0n) is 22.2. The Labute approximate surface area is 232 Å². The Morgan fingerprint density at radius 3 is 2.54 bits per heavy atom. The van der Waals surface area contributed by atoms with Crippen molar-refractivity contribution in [2.45, 2.75) is 13.3 Å². The minimum Gasteiger partial charge on any atom is -0.495 e. The fourth-order valence-corrected chi connectivity index (χ4v) is 5.24. The van der Waals surface area contributed by atoms with Gasteiger partial charge in [0, 0.05) is 48.9 Å². The maximum Gasteiger partial charge on any atom is 0.255 e. The number of amides is 1. The monoisotopic (exact) mass is 545 g/mol. The van der Waals surface area contributed by atoms with Crippen LogP contribution in [0.25, 0.3) is 22.3 Å². The maximum atomic E-state index is 13.1. The number of fused-ring (bicyclic) bond motifs is 1. The molecule has 1 aromatic heterocycles. The first-order valence-corrected chi connectivity index (χ1v) is 13.5. The zero-order chi connectivity index (χ0) is 27.4. The lowest BCUT2D eigenvalue weighted by Gasteiger charge is -2.36. The van der Waals surface area contributed by atoms with Crippen LogP contribution in [-0.2, 0) is 0 Å². The number of nitrogens with zero attached hydrogens (tertiary/aromatic N) is 2. The van der Waals surface area contributed by atoms with Crippen molar-refractivity contribution in [3.63, 3.8) is 0 Å². The standard InChI is InChI=1S/C31H32ClN3O4/c1-21-28(36)24-10-6-11-25(30(24)39-29(21)22-8-4-3-5-9-22)31(37)33-14-7-15-34-16-18-35(19-17-34)26-20-23(32)12-13-27(26)38-2/h3-6,8-13,20H,7,14-19H2,1-2H3,(H,33,37). The van der Waals surface area contributed by atoms with Gasteiger partial charge >= 0.3 is 0 Å². The molecule has 3 aromatic carbocycles. The first-order valence-electron chi connectivity index (χ1n) is 13.2. The van der Waals surface area contributed by atoms with Crippen LogP contribution in [0.3, 0.4) is 0 Å². The molecule has 1 aliphatic rings. The van der Waals surface area contributed by atoms with E-state index in [4.69, 9.17) is 20.8 Å². The van der Waals surface area contributed by atoms with Gasteiger partial charge in [-0.25, -0.2) is 0 Å². The third kappa shape index (κ3) is 5.79. The van der Waals surface area contributed by atoms with E-state index in [1.807, 2.05) is 48.5 Å². The molecule has 1 saturated heterocycles. The number of anilines is 1. The van der Waals surface area contributed by atoms with Gasteiger partial charge in [0.05, 0.1) is 23.7 Å². The number of hydrogen-bond acceptors (Lipinski definition) is 6. The third-order valence-electron chi connectivity index (χ3n) is 7.22. The van der Waals surface area contributed by atoms with Crippen molar-refractivity contribution in [3.05, 3.63) is 93.1 Å².